The lowest BCUT2D eigenvalue weighted by atomic mass is 10.1. The van der Waals surface area contributed by atoms with Crippen molar-refractivity contribution in [2.24, 2.45) is 0 Å². The van der Waals surface area contributed by atoms with Crippen LogP contribution in [0, 0.1) is 0 Å². The van der Waals surface area contributed by atoms with Gasteiger partial charge in [0.25, 0.3) is 0 Å². The van der Waals surface area contributed by atoms with Gasteiger partial charge in [0, 0.05) is 6.42 Å². The van der Waals surface area contributed by atoms with E-state index < -0.39 is 0 Å². The van der Waals surface area contributed by atoms with E-state index in [9.17, 15) is 4.79 Å². The van der Waals surface area contributed by atoms with E-state index in [1.54, 1.807) is 6.92 Å². The van der Waals surface area contributed by atoms with Crippen LogP contribution in [0.1, 0.15) is 18.9 Å². The fraction of sp³-hybridized carbons (Fsp3) is 0.176. The fourth-order valence-electron chi connectivity index (χ4n) is 2.04. The molecule has 0 aliphatic rings. The first-order chi connectivity index (χ1) is 10.2. The molecule has 1 aromatic heterocycles. The van der Waals surface area contributed by atoms with Crippen molar-refractivity contribution in [2.45, 2.75) is 19.8 Å². The van der Waals surface area contributed by atoms with E-state index in [0.29, 0.717) is 17.8 Å². The summed E-state index contributed by atoms with van der Waals surface area (Å²) in [5.41, 5.74) is 2.58. The first kappa shape index (κ1) is 13.4. The van der Waals surface area contributed by atoms with E-state index in [2.05, 4.69) is 4.98 Å². The van der Waals surface area contributed by atoms with Gasteiger partial charge in [-0.2, -0.15) is 4.98 Å². The van der Waals surface area contributed by atoms with Crippen LogP contribution in [-0.2, 0) is 11.2 Å². The van der Waals surface area contributed by atoms with Gasteiger partial charge < -0.3 is 13.9 Å². The van der Waals surface area contributed by atoms with Crippen molar-refractivity contribution in [3.63, 3.8) is 0 Å². The van der Waals surface area contributed by atoms with Crippen LogP contribution in [0.3, 0.4) is 0 Å². The summed E-state index contributed by atoms with van der Waals surface area (Å²) in [4.78, 5) is 15.2. The van der Waals surface area contributed by atoms with Crippen LogP contribution in [0.25, 0.3) is 11.1 Å². The van der Waals surface area contributed by atoms with E-state index in [0.717, 1.165) is 17.5 Å². The van der Waals surface area contributed by atoms with Crippen molar-refractivity contribution in [3.8, 4) is 11.8 Å². The second-order valence-corrected chi connectivity index (χ2v) is 4.90. The summed E-state index contributed by atoms with van der Waals surface area (Å²) in [7, 11) is 0. The third-order valence-corrected chi connectivity index (χ3v) is 3.17. The standard InChI is InChI=1S/C17H15NO3/c1-12(19)6-7-13-8-10-14(11-9-13)20-17-18-15-4-2-3-5-16(15)21-17/h2-5,8-11H,6-7H2,1H3. The number of hydrogen-bond acceptors (Lipinski definition) is 4. The van der Waals surface area contributed by atoms with E-state index in [1.807, 2.05) is 48.5 Å². The van der Waals surface area contributed by atoms with Gasteiger partial charge in [-0.15, -0.1) is 0 Å². The van der Waals surface area contributed by atoms with Crippen molar-refractivity contribution < 1.29 is 13.9 Å². The second-order valence-electron chi connectivity index (χ2n) is 4.90. The summed E-state index contributed by atoms with van der Waals surface area (Å²) in [5.74, 6) is 0.856. The number of aryl methyl sites for hydroxylation is 1. The zero-order chi connectivity index (χ0) is 14.7. The minimum Gasteiger partial charge on any atom is -0.411 e. The van der Waals surface area contributed by atoms with Gasteiger partial charge in [-0.1, -0.05) is 24.3 Å². The average molecular weight is 281 g/mol. The Morgan fingerprint density at radius 3 is 2.62 bits per heavy atom. The number of hydrogen-bond donors (Lipinski definition) is 0. The van der Waals surface area contributed by atoms with Crippen molar-refractivity contribution in [2.75, 3.05) is 0 Å². The van der Waals surface area contributed by atoms with Crippen LogP contribution in [0.4, 0.5) is 0 Å². The van der Waals surface area contributed by atoms with Gasteiger partial charge >= 0.3 is 6.08 Å². The van der Waals surface area contributed by atoms with E-state index in [4.69, 9.17) is 9.15 Å². The largest absolute Gasteiger partial charge is 0.411 e. The molecular weight excluding hydrogens is 266 g/mol. The lowest BCUT2D eigenvalue weighted by Crippen LogP contribution is -1.93. The van der Waals surface area contributed by atoms with Crippen LogP contribution in [-0.4, -0.2) is 10.8 Å². The lowest BCUT2D eigenvalue weighted by molar-refractivity contribution is -0.116. The predicted octanol–water partition coefficient (Wildman–Crippen LogP) is 4.14. The monoisotopic (exact) mass is 281 g/mol. The molecule has 3 aromatic rings. The minimum absolute atomic E-state index is 0.196. The molecule has 0 radical (unpaired) electrons. The van der Waals surface area contributed by atoms with Gasteiger partial charge in [0.2, 0.25) is 0 Å². The van der Waals surface area contributed by atoms with Crippen LogP contribution in [0.5, 0.6) is 11.8 Å². The Bertz CT molecular complexity index is 726. The molecule has 0 saturated heterocycles. The number of Topliss-reactive ketones (excluding diaryl/α,β-unsaturated/α-hetero) is 1. The highest BCUT2D eigenvalue weighted by atomic mass is 16.6. The number of ketones is 1. The molecule has 2 aromatic carbocycles. The molecule has 1 heterocycles. The Balaban J connectivity index is 1.71. The molecule has 0 fully saturated rings. The highest BCUT2D eigenvalue weighted by molar-refractivity contribution is 5.75. The lowest BCUT2D eigenvalue weighted by Gasteiger charge is -2.02. The van der Waals surface area contributed by atoms with Crippen molar-refractivity contribution in [3.05, 3.63) is 54.1 Å². The van der Waals surface area contributed by atoms with Crippen LogP contribution in [0.15, 0.2) is 52.9 Å². The highest BCUT2D eigenvalue weighted by Crippen LogP contribution is 2.25. The molecule has 0 atom stereocenters. The normalized spacial score (nSPS) is 10.7. The molecular formula is C17H15NO3. The first-order valence-electron chi connectivity index (χ1n) is 6.82. The number of carbonyl (C=O) groups excluding carboxylic acids is 1. The van der Waals surface area contributed by atoms with Gasteiger partial charge in [-0.05, 0) is 43.2 Å². The summed E-state index contributed by atoms with van der Waals surface area (Å²) in [6, 6.07) is 15.1. The van der Waals surface area contributed by atoms with Crippen molar-refractivity contribution in [1.29, 1.82) is 0 Å². The number of para-hydroxylation sites is 2. The number of benzene rings is 2. The SMILES string of the molecule is CC(=O)CCc1ccc(Oc2nc3ccccc3o2)cc1. The van der Waals surface area contributed by atoms with Crippen LogP contribution >= 0.6 is 0 Å². The molecule has 106 valence electrons. The third-order valence-electron chi connectivity index (χ3n) is 3.17. The molecule has 0 aliphatic carbocycles. The van der Waals surface area contributed by atoms with Gasteiger partial charge in [-0.3, -0.25) is 0 Å². The average Bonchev–Trinajstić information content (AvgIpc) is 2.88. The maximum Gasteiger partial charge on any atom is 0.400 e. The fourth-order valence-corrected chi connectivity index (χ4v) is 2.04. The summed E-state index contributed by atoms with van der Waals surface area (Å²) >= 11 is 0. The van der Waals surface area contributed by atoms with Crippen LogP contribution in [0.2, 0.25) is 0 Å². The molecule has 0 bridgehead atoms. The predicted molar refractivity (Wildman–Crippen MR) is 79.5 cm³/mol. The zero-order valence-electron chi connectivity index (χ0n) is 11.7. The number of nitrogens with zero attached hydrogens (tertiary/aromatic N) is 1. The quantitative estimate of drug-likeness (QED) is 0.705. The Kier molecular flexibility index (Phi) is 3.69. The maximum atomic E-state index is 11.0. The number of aromatic nitrogens is 1. The number of fused-ring (bicyclic) bond motifs is 1. The molecule has 0 N–H and O–H groups in total. The molecule has 0 spiro atoms. The number of carbonyl (C=O) groups is 1. The molecule has 0 amide bonds. The van der Waals surface area contributed by atoms with Gasteiger partial charge in [-0.25, -0.2) is 0 Å². The molecule has 0 unspecified atom stereocenters. The minimum atomic E-state index is 0.196. The smallest absolute Gasteiger partial charge is 0.400 e. The van der Waals surface area contributed by atoms with Crippen molar-refractivity contribution in [1.82, 2.24) is 4.98 Å². The third kappa shape index (κ3) is 3.28. The Morgan fingerprint density at radius 2 is 1.90 bits per heavy atom. The summed E-state index contributed by atoms with van der Waals surface area (Å²) in [6.07, 6.45) is 1.54. The van der Waals surface area contributed by atoms with E-state index in [-0.39, 0.29) is 11.9 Å². The van der Waals surface area contributed by atoms with E-state index >= 15 is 0 Å². The van der Waals surface area contributed by atoms with E-state index in [1.165, 1.54) is 0 Å². The number of rotatable bonds is 5. The van der Waals surface area contributed by atoms with Gasteiger partial charge in [0.1, 0.15) is 17.0 Å². The molecule has 4 heteroatoms. The highest BCUT2D eigenvalue weighted by Gasteiger charge is 2.07. The molecule has 3 rings (SSSR count). The topological polar surface area (TPSA) is 52.3 Å². The number of oxazole rings is 1. The molecule has 0 aliphatic heterocycles. The van der Waals surface area contributed by atoms with Gasteiger partial charge in [0.05, 0.1) is 0 Å². The Morgan fingerprint density at radius 1 is 1.14 bits per heavy atom. The molecule has 0 saturated carbocycles. The maximum absolute atomic E-state index is 11.0. The van der Waals surface area contributed by atoms with Crippen LogP contribution < -0.4 is 4.74 Å². The Hall–Kier alpha value is -2.62. The summed E-state index contributed by atoms with van der Waals surface area (Å²) < 4.78 is 11.1. The summed E-state index contributed by atoms with van der Waals surface area (Å²) in [6.45, 7) is 1.60. The zero-order valence-corrected chi connectivity index (χ0v) is 11.7. The molecule has 21 heavy (non-hydrogen) atoms. The molecule has 4 nitrogen and oxygen atoms in total. The first-order valence-corrected chi connectivity index (χ1v) is 6.82. The summed E-state index contributed by atoms with van der Waals surface area (Å²) in [5, 5.41) is 0. The number of ether oxygens (including phenoxy) is 1. The second kappa shape index (κ2) is 5.79. The van der Waals surface area contributed by atoms with Gasteiger partial charge in [0.15, 0.2) is 5.58 Å². The Labute approximate surface area is 122 Å². The van der Waals surface area contributed by atoms with Crippen molar-refractivity contribution >= 4 is 16.9 Å².